The summed E-state index contributed by atoms with van der Waals surface area (Å²) in [6.07, 6.45) is 0. The average Bonchev–Trinajstić information content (AvgIpc) is 2.75. The monoisotopic (exact) mass is 286 g/mol. The van der Waals surface area contributed by atoms with Crippen LogP contribution in [0.5, 0.6) is 0 Å². The topological polar surface area (TPSA) is 87.7 Å². The first kappa shape index (κ1) is 15.5. The van der Waals surface area contributed by atoms with E-state index in [4.69, 9.17) is 9.84 Å². The summed E-state index contributed by atoms with van der Waals surface area (Å²) in [5, 5.41) is 13.7. The van der Waals surface area contributed by atoms with Crippen molar-refractivity contribution in [2.24, 2.45) is 0 Å². The summed E-state index contributed by atoms with van der Waals surface area (Å²) in [5.41, 5.74) is 0. The number of ether oxygens (including phenoxy) is 1. The van der Waals surface area contributed by atoms with Crippen LogP contribution in [0.15, 0.2) is 12.1 Å². The van der Waals surface area contributed by atoms with Gasteiger partial charge in [0.1, 0.15) is 6.61 Å². The number of amides is 2. The predicted molar refractivity (Wildman–Crippen MR) is 72.5 cm³/mol. The summed E-state index contributed by atoms with van der Waals surface area (Å²) in [4.78, 5) is 24.0. The third kappa shape index (κ3) is 6.21. The molecule has 19 heavy (non-hydrogen) atoms. The van der Waals surface area contributed by atoms with E-state index in [0.29, 0.717) is 0 Å². The number of hydrogen-bond donors (Lipinski definition) is 3. The lowest BCUT2D eigenvalue weighted by atomic mass is 10.3. The molecule has 1 atom stereocenters. The van der Waals surface area contributed by atoms with E-state index in [2.05, 4.69) is 10.6 Å². The smallest absolute Gasteiger partial charge is 0.329 e. The Morgan fingerprint density at radius 3 is 2.79 bits per heavy atom. The molecule has 0 aliphatic heterocycles. The summed E-state index contributed by atoms with van der Waals surface area (Å²) >= 11 is 1.64. The third-order valence-corrected chi connectivity index (χ3v) is 3.48. The van der Waals surface area contributed by atoms with Crippen LogP contribution in [0.3, 0.4) is 0 Å². The molecule has 1 unspecified atom stereocenters. The van der Waals surface area contributed by atoms with Crippen molar-refractivity contribution < 1.29 is 19.4 Å². The zero-order valence-corrected chi connectivity index (χ0v) is 11.8. The van der Waals surface area contributed by atoms with E-state index in [0.717, 1.165) is 4.88 Å². The quantitative estimate of drug-likeness (QED) is 0.663. The number of carboxylic acid groups (broad SMARTS) is 1. The Kier molecular flexibility index (Phi) is 6.31. The molecule has 1 aromatic heterocycles. The van der Waals surface area contributed by atoms with Gasteiger partial charge in [-0.05, 0) is 26.0 Å². The van der Waals surface area contributed by atoms with Gasteiger partial charge in [-0.1, -0.05) is 0 Å². The second-order valence-corrected chi connectivity index (χ2v) is 5.34. The molecule has 106 valence electrons. The Bertz CT molecular complexity index is 433. The van der Waals surface area contributed by atoms with Gasteiger partial charge in [-0.2, -0.15) is 0 Å². The first-order valence-electron chi connectivity index (χ1n) is 5.89. The SMILES string of the molecule is Cc1ccc(C(C)NC(=O)NCCOCC(=O)O)s1. The van der Waals surface area contributed by atoms with E-state index in [1.807, 2.05) is 26.0 Å². The summed E-state index contributed by atoms with van der Waals surface area (Å²) in [6.45, 7) is 4.02. The molecule has 0 aliphatic rings. The normalized spacial score (nSPS) is 11.9. The van der Waals surface area contributed by atoms with E-state index in [1.54, 1.807) is 11.3 Å². The molecule has 3 N–H and O–H groups in total. The fourth-order valence-corrected chi connectivity index (χ4v) is 2.28. The fraction of sp³-hybridized carbons (Fsp3) is 0.500. The van der Waals surface area contributed by atoms with Gasteiger partial charge in [-0.25, -0.2) is 9.59 Å². The van der Waals surface area contributed by atoms with E-state index in [-0.39, 0.29) is 31.8 Å². The number of aliphatic carboxylic acids is 1. The summed E-state index contributed by atoms with van der Waals surface area (Å²) < 4.78 is 4.80. The maximum absolute atomic E-state index is 11.5. The highest BCUT2D eigenvalue weighted by Crippen LogP contribution is 2.21. The van der Waals surface area contributed by atoms with E-state index in [9.17, 15) is 9.59 Å². The summed E-state index contributed by atoms with van der Waals surface area (Å²) in [6, 6.07) is 3.65. The molecule has 1 heterocycles. The number of nitrogens with one attached hydrogen (secondary N) is 2. The molecular weight excluding hydrogens is 268 g/mol. The number of carbonyl (C=O) groups is 2. The minimum atomic E-state index is -1.02. The van der Waals surface area contributed by atoms with Crippen molar-refractivity contribution in [3.8, 4) is 0 Å². The lowest BCUT2D eigenvalue weighted by Crippen LogP contribution is -2.38. The van der Waals surface area contributed by atoms with Crippen LogP contribution in [-0.4, -0.2) is 36.9 Å². The van der Waals surface area contributed by atoms with Crippen molar-refractivity contribution in [1.82, 2.24) is 10.6 Å². The molecule has 0 spiro atoms. The van der Waals surface area contributed by atoms with E-state index >= 15 is 0 Å². The number of carbonyl (C=O) groups excluding carboxylic acids is 1. The molecule has 2 amide bonds. The maximum atomic E-state index is 11.5. The average molecular weight is 286 g/mol. The molecule has 0 bridgehead atoms. The van der Waals surface area contributed by atoms with Crippen molar-refractivity contribution in [2.45, 2.75) is 19.9 Å². The van der Waals surface area contributed by atoms with Crippen LogP contribution in [0.25, 0.3) is 0 Å². The van der Waals surface area contributed by atoms with Crippen LogP contribution in [-0.2, 0) is 9.53 Å². The number of thiophene rings is 1. The van der Waals surface area contributed by atoms with Crippen LogP contribution in [0, 0.1) is 6.92 Å². The Morgan fingerprint density at radius 2 is 2.21 bits per heavy atom. The van der Waals surface area contributed by atoms with Gasteiger partial charge in [0.2, 0.25) is 0 Å². The van der Waals surface area contributed by atoms with Crippen LogP contribution in [0.2, 0.25) is 0 Å². The van der Waals surface area contributed by atoms with E-state index < -0.39 is 5.97 Å². The summed E-state index contributed by atoms with van der Waals surface area (Å²) in [5.74, 6) is -1.02. The Hall–Kier alpha value is -1.60. The lowest BCUT2D eigenvalue weighted by molar-refractivity contribution is -0.142. The molecule has 1 rings (SSSR count). The number of urea groups is 1. The summed E-state index contributed by atoms with van der Waals surface area (Å²) in [7, 11) is 0. The highest BCUT2D eigenvalue weighted by Gasteiger charge is 2.10. The van der Waals surface area contributed by atoms with E-state index in [1.165, 1.54) is 4.88 Å². The molecule has 0 saturated heterocycles. The molecular formula is C12H18N2O4S. The van der Waals surface area contributed by atoms with Gasteiger partial charge in [0, 0.05) is 16.3 Å². The van der Waals surface area contributed by atoms with Crippen molar-refractivity contribution in [3.05, 3.63) is 21.9 Å². The molecule has 6 nitrogen and oxygen atoms in total. The van der Waals surface area contributed by atoms with Crippen LogP contribution in [0.4, 0.5) is 4.79 Å². The van der Waals surface area contributed by atoms with Gasteiger partial charge in [0.15, 0.2) is 0 Å². The highest BCUT2D eigenvalue weighted by atomic mass is 32.1. The molecule has 0 aliphatic carbocycles. The lowest BCUT2D eigenvalue weighted by Gasteiger charge is -2.13. The predicted octanol–water partition coefficient (Wildman–Crippen LogP) is 1.52. The molecule has 0 saturated carbocycles. The Labute approximate surface area is 115 Å². The number of aryl methyl sites for hydroxylation is 1. The van der Waals surface area contributed by atoms with Gasteiger partial charge < -0.3 is 20.5 Å². The molecule has 0 aromatic carbocycles. The third-order valence-electron chi connectivity index (χ3n) is 2.29. The van der Waals surface area contributed by atoms with Gasteiger partial charge in [0.25, 0.3) is 0 Å². The standard InChI is InChI=1S/C12H18N2O4S/c1-8-3-4-10(19-8)9(2)14-12(17)13-5-6-18-7-11(15)16/h3-4,9H,5-7H2,1-2H3,(H,15,16)(H2,13,14,17). The Balaban J connectivity index is 2.18. The van der Waals surface area contributed by atoms with Crippen molar-refractivity contribution in [1.29, 1.82) is 0 Å². The van der Waals surface area contributed by atoms with Gasteiger partial charge in [-0.15, -0.1) is 11.3 Å². The first-order valence-corrected chi connectivity index (χ1v) is 6.71. The zero-order valence-electron chi connectivity index (χ0n) is 10.9. The van der Waals surface area contributed by atoms with Crippen molar-refractivity contribution in [3.63, 3.8) is 0 Å². The van der Waals surface area contributed by atoms with Gasteiger partial charge in [0.05, 0.1) is 12.6 Å². The Morgan fingerprint density at radius 1 is 1.47 bits per heavy atom. The maximum Gasteiger partial charge on any atom is 0.329 e. The largest absolute Gasteiger partial charge is 0.480 e. The first-order chi connectivity index (χ1) is 8.99. The van der Waals surface area contributed by atoms with Crippen molar-refractivity contribution >= 4 is 23.3 Å². The highest BCUT2D eigenvalue weighted by molar-refractivity contribution is 7.12. The van der Waals surface area contributed by atoms with Gasteiger partial charge >= 0.3 is 12.0 Å². The molecule has 0 radical (unpaired) electrons. The molecule has 1 aromatic rings. The molecule has 0 fully saturated rings. The van der Waals surface area contributed by atoms with Gasteiger partial charge in [-0.3, -0.25) is 0 Å². The molecule has 7 heteroatoms. The van der Waals surface area contributed by atoms with Crippen LogP contribution >= 0.6 is 11.3 Å². The second kappa shape index (κ2) is 7.75. The number of carboxylic acids is 1. The van der Waals surface area contributed by atoms with Crippen LogP contribution < -0.4 is 10.6 Å². The minimum Gasteiger partial charge on any atom is -0.480 e. The minimum absolute atomic E-state index is 0.0568. The van der Waals surface area contributed by atoms with Crippen molar-refractivity contribution in [2.75, 3.05) is 19.8 Å². The number of rotatable bonds is 7. The fourth-order valence-electron chi connectivity index (χ4n) is 1.40. The van der Waals surface area contributed by atoms with Crippen LogP contribution in [0.1, 0.15) is 22.7 Å². The zero-order chi connectivity index (χ0) is 14.3. The number of hydrogen-bond acceptors (Lipinski definition) is 4. The second-order valence-electron chi connectivity index (χ2n) is 4.02.